The minimum Gasteiger partial charge on any atom is -0.494 e. The third-order valence-electron chi connectivity index (χ3n) is 5.75. The Hall–Kier alpha value is -5.06. The molecule has 0 bridgehead atoms. The van der Waals surface area contributed by atoms with E-state index in [0.29, 0.717) is 41.3 Å². The van der Waals surface area contributed by atoms with Gasteiger partial charge < -0.3 is 20.3 Å². The summed E-state index contributed by atoms with van der Waals surface area (Å²) in [5.41, 5.74) is 16.4. The monoisotopic (exact) mass is 667 g/mol. The number of aryl methyl sites for hydroxylation is 1. The number of methoxy groups -OCH3 is 2. The van der Waals surface area contributed by atoms with Gasteiger partial charge in [-0.3, -0.25) is 30.6 Å². The number of hydrogen-bond donors (Lipinski definition) is 4. The van der Waals surface area contributed by atoms with Crippen LogP contribution in [0.25, 0.3) is 0 Å². The number of carbonyl (C=O) groups excluding carboxylic acids is 2. The van der Waals surface area contributed by atoms with Crippen molar-refractivity contribution >= 4 is 40.5 Å². The number of benzene rings is 3. The molecule has 0 saturated carbocycles. The number of unbranched alkanes of at least 4 members (excludes halogenated alkanes) is 2. The molecule has 0 aliphatic rings. The number of nitro groups is 1. The maximum atomic E-state index is 10.8. The maximum absolute atomic E-state index is 10.8. The summed E-state index contributed by atoms with van der Waals surface area (Å²) in [6, 6.07) is 17.6. The number of aldehydes is 1. The Morgan fingerprint density at radius 2 is 1.19 bits per heavy atom. The zero-order valence-corrected chi connectivity index (χ0v) is 30.4. The number of rotatable bonds is 14. The van der Waals surface area contributed by atoms with Crippen LogP contribution in [0.5, 0.6) is 11.5 Å². The summed E-state index contributed by atoms with van der Waals surface area (Å²) in [4.78, 5) is 30.2. The number of allylic oxidation sites excluding steroid dienone is 2. The molecule has 3 aromatic carbocycles. The van der Waals surface area contributed by atoms with Crippen molar-refractivity contribution in [2.45, 2.75) is 87.5 Å². The molecule has 3 aromatic rings. The molecular formula is C37H57N5O6. The number of non-ortho nitro benzene ring substituents is 1. The number of ether oxygens (including phenoxy) is 2. The van der Waals surface area contributed by atoms with Crippen LogP contribution in [-0.2, 0) is 9.59 Å². The molecule has 0 aromatic heterocycles. The number of nitrogens with one attached hydrogen (secondary N) is 4. The van der Waals surface area contributed by atoms with Crippen LogP contribution in [0.3, 0.4) is 0 Å². The van der Waals surface area contributed by atoms with Crippen LogP contribution >= 0.6 is 0 Å². The predicted octanol–water partition coefficient (Wildman–Crippen LogP) is 10.2. The zero-order chi connectivity index (χ0) is 36.7. The van der Waals surface area contributed by atoms with Crippen LogP contribution in [0.15, 0.2) is 72.8 Å². The van der Waals surface area contributed by atoms with E-state index in [-0.39, 0.29) is 11.5 Å². The summed E-state index contributed by atoms with van der Waals surface area (Å²) in [5, 5.41) is 10.8. The zero-order valence-electron chi connectivity index (χ0n) is 30.4. The predicted molar refractivity (Wildman–Crippen MR) is 201 cm³/mol. The molecule has 0 saturated heterocycles. The SMILES string of the molecule is CC.CCC.CCC(=O)/C=C\C=O.CCCCC.COc1cc(NNc2ccc([N+](=O)[O-])cc2)c(OC)cc1NNc1ccc(C)cc1. The van der Waals surface area contributed by atoms with Crippen molar-refractivity contribution in [3.63, 3.8) is 0 Å². The molecule has 0 amide bonds. The Kier molecular flexibility index (Phi) is 27.6. The van der Waals surface area contributed by atoms with Gasteiger partial charge in [-0.05, 0) is 43.3 Å². The van der Waals surface area contributed by atoms with E-state index in [2.05, 4.69) is 49.4 Å². The summed E-state index contributed by atoms with van der Waals surface area (Å²) in [5.74, 6) is 1.14. The van der Waals surface area contributed by atoms with Crippen LogP contribution in [0.1, 0.15) is 86.1 Å². The molecule has 0 aliphatic heterocycles. The smallest absolute Gasteiger partial charge is 0.269 e. The number of nitrogens with zero attached hydrogens (tertiary/aromatic N) is 1. The number of carbonyl (C=O) groups is 2. The molecule has 0 atom stereocenters. The topological polar surface area (TPSA) is 144 Å². The number of hydrogen-bond acceptors (Lipinski definition) is 10. The maximum Gasteiger partial charge on any atom is 0.269 e. The second-order valence-electron chi connectivity index (χ2n) is 9.80. The Bertz CT molecular complexity index is 1310. The normalized spacial score (nSPS) is 9.29. The molecule has 11 heteroatoms. The van der Waals surface area contributed by atoms with Gasteiger partial charge in [-0.2, -0.15) is 0 Å². The molecular weight excluding hydrogens is 610 g/mol. The van der Waals surface area contributed by atoms with E-state index in [1.54, 1.807) is 45.4 Å². The minimum absolute atomic E-state index is 0.0166. The Labute approximate surface area is 287 Å². The van der Waals surface area contributed by atoms with Crippen molar-refractivity contribution in [1.29, 1.82) is 0 Å². The molecule has 4 N–H and O–H groups in total. The van der Waals surface area contributed by atoms with E-state index >= 15 is 0 Å². The van der Waals surface area contributed by atoms with Gasteiger partial charge in [-0.1, -0.05) is 91.8 Å². The second-order valence-corrected chi connectivity index (χ2v) is 9.80. The van der Waals surface area contributed by atoms with E-state index < -0.39 is 4.92 Å². The lowest BCUT2D eigenvalue weighted by molar-refractivity contribution is -0.384. The van der Waals surface area contributed by atoms with Crippen molar-refractivity contribution in [2.75, 3.05) is 35.9 Å². The molecule has 3 rings (SSSR count). The van der Waals surface area contributed by atoms with Crippen molar-refractivity contribution in [2.24, 2.45) is 0 Å². The fourth-order valence-corrected chi connectivity index (χ4v) is 3.29. The van der Waals surface area contributed by atoms with E-state index in [4.69, 9.17) is 9.47 Å². The molecule has 48 heavy (non-hydrogen) atoms. The Balaban J connectivity index is 0. The van der Waals surface area contributed by atoms with Crippen LogP contribution in [0, 0.1) is 17.0 Å². The van der Waals surface area contributed by atoms with Gasteiger partial charge in [0.1, 0.15) is 17.8 Å². The van der Waals surface area contributed by atoms with Crippen LogP contribution < -0.4 is 31.2 Å². The fourth-order valence-electron chi connectivity index (χ4n) is 3.29. The molecule has 0 radical (unpaired) electrons. The summed E-state index contributed by atoms with van der Waals surface area (Å²) >= 11 is 0. The highest BCUT2D eigenvalue weighted by atomic mass is 16.6. The van der Waals surface area contributed by atoms with Gasteiger partial charge in [-0.15, -0.1) is 0 Å². The van der Waals surface area contributed by atoms with Crippen LogP contribution in [0.2, 0.25) is 0 Å². The van der Waals surface area contributed by atoms with Gasteiger partial charge in [0.2, 0.25) is 0 Å². The minimum atomic E-state index is -0.443. The van der Waals surface area contributed by atoms with E-state index in [1.807, 2.05) is 45.0 Å². The lowest BCUT2D eigenvalue weighted by Crippen LogP contribution is -2.12. The van der Waals surface area contributed by atoms with Crippen molar-refractivity contribution in [3.05, 3.63) is 88.5 Å². The highest BCUT2D eigenvalue weighted by Gasteiger charge is 2.12. The molecule has 266 valence electrons. The third kappa shape index (κ3) is 20.1. The first-order valence-corrected chi connectivity index (χ1v) is 16.4. The van der Waals surface area contributed by atoms with Crippen LogP contribution in [0.4, 0.5) is 28.4 Å². The average Bonchev–Trinajstić information content (AvgIpc) is 3.11. The van der Waals surface area contributed by atoms with E-state index in [0.717, 1.165) is 5.69 Å². The summed E-state index contributed by atoms with van der Waals surface area (Å²) < 4.78 is 11.0. The van der Waals surface area contributed by atoms with Gasteiger partial charge >= 0.3 is 0 Å². The van der Waals surface area contributed by atoms with Crippen molar-refractivity contribution in [3.8, 4) is 11.5 Å². The molecule has 0 fully saturated rings. The molecule has 0 unspecified atom stereocenters. The number of ketones is 1. The summed E-state index contributed by atoms with van der Waals surface area (Å²) in [6.45, 7) is 16.5. The molecule has 0 heterocycles. The fraction of sp³-hybridized carbons (Fsp3) is 0.405. The van der Waals surface area contributed by atoms with Gasteiger partial charge in [-0.25, -0.2) is 0 Å². The Morgan fingerprint density at radius 3 is 1.50 bits per heavy atom. The largest absolute Gasteiger partial charge is 0.494 e. The first kappa shape index (κ1) is 45.1. The molecule has 11 nitrogen and oxygen atoms in total. The Morgan fingerprint density at radius 1 is 0.771 bits per heavy atom. The summed E-state index contributed by atoms with van der Waals surface area (Å²) in [6.07, 6.45) is 8.85. The molecule has 0 aliphatic carbocycles. The quantitative estimate of drug-likeness (QED) is 0.0567. The highest BCUT2D eigenvalue weighted by Crippen LogP contribution is 2.36. The van der Waals surface area contributed by atoms with Crippen molar-refractivity contribution in [1.82, 2.24) is 0 Å². The first-order chi connectivity index (χ1) is 23.1. The third-order valence-corrected chi connectivity index (χ3v) is 5.75. The standard InChI is InChI=1S/C21H23N5O4.C6H8O2.C5H12.C3H8.C2H6/c1-14-4-6-15(7-5-14)22-24-18-12-21(30-3)19(13-20(18)29-2)25-23-16-8-10-17(11-9-16)26(27)28;1-2-6(8)4-3-5-7;1-3-5-4-2;1-3-2;1-2/h4-13,22-25H,1-3H3;3-5H,2H2,1H3;3-5H2,1-2H3;3H2,1-2H3;1-2H3/b;4-3-;;;. The van der Waals surface area contributed by atoms with Crippen LogP contribution in [-0.4, -0.2) is 31.2 Å². The highest BCUT2D eigenvalue weighted by molar-refractivity contribution is 5.92. The van der Waals surface area contributed by atoms with E-state index in [9.17, 15) is 19.7 Å². The molecule has 0 spiro atoms. The second kappa shape index (κ2) is 29.3. The number of hydrazine groups is 2. The van der Waals surface area contributed by atoms with E-state index in [1.165, 1.54) is 55.5 Å². The van der Waals surface area contributed by atoms with Gasteiger partial charge in [0.15, 0.2) is 5.78 Å². The van der Waals surface area contributed by atoms with Gasteiger partial charge in [0, 0.05) is 30.7 Å². The number of nitro benzene ring substituents is 1. The summed E-state index contributed by atoms with van der Waals surface area (Å²) in [7, 11) is 3.14. The van der Waals surface area contributed by atoms with Gasteiger partial charge in [0.05, 0.1) is 41.9 Å². The van der Waals surface area contributed by atoms with Gasteiger partial charge in [0.25, 0.3) is 5.69 Å². The first-order valence-electron chi connectivity index (χ1n) is 16.4. The lowest BCUT2D eigenvalue weighted by Gasteiger charge is -2.18. The number of anilines is 4. The average molecular weight is 668 g/mol. The van der Waals surface area contributed by atoms with Crippen molar-refractivity contribution < 1.29 is 24.0 Å². The lowest BCUT2D eigenvalue weighted by atomic mass is 10.2.